The summed E-state index contributed by atoms with van der Waals surface area (Å²) < 4.78 is 11.1. The van der Waals surface area contributed by atoms with Gasteiger partial charge in [0.2, 0.25) is 0 Å². The van der Waals surface area contributed by atoms with Crippen molar-refractivity contribution in [3.05, 3.63) is 39.2 Å². The number of fused-ring (bicyclic) bond motifs is 3. The van der Waals surface area contributed by atoms with Crippen molar-refractivity contribution in [1.82, 2.24) is 10.6 Å². The molecule has 1 heterocycles. The number of aryl methyl sites for hydroxylation is 2. The molecular weight excluding hydrogens is 406 g/mol. The van der Waals surface area contributed by atoms with Crippen LogP contribution in [0, 0.1) is 6.92 Å². The highest BCUT2D eigenvalue weighted by atomic mass is 16.5. The number of hydrogen-bond donors (Lipinski definition) is 4. The average molecular weight is 431 g/mol. The summed E-state index contributed by atoms with van der Waals surface area (Å²) in [5.74, 6) is -1.42. The minimum absolute atomic E-state index is 0.118. The molecule has 1 aliphatic rings. The zero-order valence-electron chi connectivity index (χ0n) is 17.2. The average Bonchev–Trinajstić information content (AvgIpc) is 3.21. The fourth-order valence-corrected chi connectivity index (χ4v) is 3.77. The van der Waals surface area contributed by atoms with Gasteiger partial charge in [0.1, 0.15) is 17.4 Å². The first-order valence-corrected chi connectivity index (χ1v) is 10.0. The van der Waals surface area contributed by atoms with Crippen LogP contribution in [0.1, 0.15) is 36.0 Å². The molecule has 1 aliphatic carbocycles. The first-order chi connectivity index (χ1) is 14.8. The molecule has 0 unspecified atom stereocenters. The van der Waals surface area contributed by atoms with Crippen LogP contribution in [0.3, 0.4) is 0 Å². The third-order valence-electron chi connectivity index (χ3n) is 5.30. The fourth-order valence-electron chi connectivity index (χ4n) is 3.77. The maximum atomic E-state index is 12.2. The lowest BCUT2D eigenvalue weighted by Gasteiger charge is -2.16. The molecular formula is C21H25N3O7. The molecule has 0 saturated heterocycles. The normalized spacial score (nSPS) is 13.5. The lowest BCUT2D eigenvalue weighted by atomic mass is 10.0. The predicted molar refractivity (Wildman–Crippen MR) is 111 cm³/mol. The number of nitrogens with two attached hydrogens (primary N) is 1. The number of carboxylic acid groups (broad SMARTS) is 1. The number of carbonyl (C=O) groups is 3. The number of primary amides is 1. The van der Waals surface area contributed by atoms with Crippen molar-refractivity contribution in [2.45, 2.75) is 45.1 Å². The minimum atomic E-state index is -1.19. The Bertz CT molecular complexity index is 1080. The molecule has 10 nitrogen and oxygen atoms in total. The summed E-state index contributed by atoms with van der Waals surface area (Å²) >= 11 is 0. The molecule has 0 aliphatic heterocycles. The zero-order valence-corrected chi connectivity index (χ0v) is 17.2. The number of amides is 3. The van der Waals surface area contributed by atoms with Crippen molar-refractivity contribution in [2.24, 2.45) is 5.73 Å². The largest absolute Gasteiger partial charge is 0.483 e. The minimum Gasteiger partial charge on any atom is -0.483 e. The van der Waals surface area contributed by atoms with Crippen LogP contribution in [0.5, 0.6) is 5.75 Å². The van der Waals surface area contributed by atoms with Gasteiger partial charge in [-0.1, -0.05) is 0 Å². The van der Waals surface area contributed by atoms with E-state index in [4.69, 9.17) is 14.9 Å². The number of carbonyl (C=O) groups excluding carboxylic acids is 2. The Hall–Kier alpha value is -3.56. The van der Waals surface area contributed by atoms with Crippen LogP contribution in [0.15, 0.2) is 21.3 Å². The molecule has 0 spiro atoms. The quantitative estimate of drug-likeness (QED) is 0.340. The highest BCUT2D eigenvalue weighted by molar-refractivity contribution is 5.87. The summed E-state index contributed by atoms with van der Waals surface area (Å²) in [6.07, 6.45) is 2.90. The number of rotatable bonds is 9. The monoisotopic (exact) mass is 431 g/mol. The van der Waals surface area contributed by atoms with Gasteiger partial charge in [0, 0.05) is 23.1 Å². The second kappa shape index (κ2) is 9.50. The lowest BCUT2D eigenvalue weighted by molar-refractivity contribution is -0.142. The first-order valence-electron chi connectivity index (χ1n) is 10.0. The highest BCUT2D eigenvalue weighted by Crippen LogP contribution is 2.32. The van der Waals surface area contributed by atoms with Gasteiger partial charge in [0.05, 0.1) is 0 Å². The number of urea groups is 1. The van der Waals surface area contributed by atoms with Gasteiger partial charge in [-0.15, -0.1) is 0 Å². The van der Waals surface area contributed by atoms with Gasteiger partial charge in [0.25, 0.3) is 5.91 Å². The number of ether oxygens (including phenoxy) is 1. The number of aliphatic carboxylic acids is 1. The van der Waals surface area contributed by atoms with Crippen molar-refractivity contribution in [1.29, 1.82) is 0 Å². The van der Waals surface area contributed by atoms with Crippen LogP contribution in [0.25, 0.3) is 11.0 Å². The molecule has 1 aromatic carbocycles. The fraction of sp³-hybridized carbons (Fsp3) is 0.429. The van der Waals surface area contributed by atoms with E-state index in [1.165, 1.54) is 0 Å². The van der Waals surface area contributed by atoms with Crippen molar-refractivity contribution in [3.8, 4) is 5.75 Å². The standard InChI is InChI=1S/C21H25N3O7/c1-11-16(8-7-13-12-4-2-5-14(12)20(28)31-18(11)13)30-10-17(25)24-15(19(26)27)6-3-9-23-21(22)29/h7-8,15H,2-6,9-10H2,1H3,(H,24,25)(H,26,27)(H3,22,23,29)/t15-/m0/s1. The molecule has 0 saturated carbocycles. The van der Waals surface area contributed by atoms with Gasteiger partial charge in [0.15, 0.2) is 6.61 Å². The zero-order chi connectivity index (χ0) is 22.5. The molecule has 3 amide bonds. The number of nitrogens with one attached hydrogen (secondary N) is 2. The molecule has 0 fully saturated rings. The van der Waals surface area contributed by atoms with Gasteiger partial charge < -0.3 is 30.6 Å². The van der Waals surface area contributed by atoms with E-state index in [0.29, 0.717) is 29.7 Å². The maximum absolute atomic E-state index is 12.2. The van der Waals surface area contributed by atoms with Gasteiger partial charge >= 0.3 is 17.6 Å². The van der Waals surface area contributed by atoms with E-state index < -0.39 is 30.6 Å². The Morgan fingerprint density at radius 2 is 2.00 bits per heavy atom. The van der Waals surface area contributed by atoms with Crippen LogP contribution < -0.4 is 26.7 Å². The third-order valence-corrected chi connectivity index (χ3v) is 5.30. The number of benzene rings is 1. The molecule has 0 radical (unpaired) electrons. The van der Waals surface area contributed by atoms with E-state index in [1.807, 2.05) is 6.07 Å². The summed E-state index contributed by atoms with van der Waals surface area (Å²) in [5.41, 5.74) is 7.39. The molecule has 3 rings (SSSR count). The summed E-state index contributed by atoms with van der Waals surface area (Å²) in [6, 6.07) is 1.71. The van der Waals surface area contributed by atoms with E-state index in [0.717, 1.165) is 29.4 Å². The molecule has 1 aromatic heterocycles. The van der Waals surface area contributed by atoms with E-state index >= 15 is 0 Å². The molecule has 166 valence electrons. The topological polar surface area (TPSA) is 161 Å². The van der Waals surface area contributed by atoms with E-state index in [-0.39, 0.29) is 18.6 Å². The van der Waals surface area contributed by atoms with Crippen molar-refractivity contribution in [3.63, 3.8) is 0 Å². The predicted octanol–water partition coefficient (Wildman–Crippen LogP) is 0.987. The van der Waals surface area contributed by atoms with Gasteiger partial charge in [-0.25, -0.2) is 14.4 Å². The van der Waals surface area contributed by atoms with Crippen LogP contribution >= 0.6 is 0 Å². The Kier molecular flexibility index (Phi) is 6.78. The van der Waals surface area contributed by atoms with Crippen LogP contribution in [0.2, 0.25) is 0 Å². The SMILES string of the molecule is Cc1c(OCC(=O)N[C@@H](CCCNC(N)=O)C(=O)O)ccc2c3c(c(=O)oc12)CCC3. The van der Waals surface area contributed by atoms with Crippen LogP contribution in [-0.4, -0.2) is 42.2 Å². The van der Waals surface area contributed by atoms with Gasteiger partial charge in [-0.05, 0) is 56.7 Å². The van der Waals surface area contributed by atoms with E-state index in [2.05, 4.69) is 10.6 Å². The molecule has 10 heteroatoms. The highest BCUT2D eigenvalue weighted by Gasteiger charge is 2.22. The lowest BCUT2D eigenvalue weighted by Crippen LogP contribution is -2.43. The second-order valence-electron chi connectivity index (χ2n) is 7.45. The molecule has 0 bridgehead atoms. The molecule has 31 heavy (non-hydrogen) atoms. The number of carboxylic acids is 1. The third kappa shape index (κ3) is 5.14. The van der Waals surface area contributed by atoms with Crippen molar-refractivity contribution >= 4 is 28.9 Å². The Morgan fingerprint density at radius 1 is 1.26 bits per heavy atom. The second-order valence-corrected chi connectivity index (χ2v) is 7.45. The maximum Gasteiger partial charge on any atom is 0.339 e. The molecule has 1 atom stereocenters. The van der Waals surface area contributed by atoms with Crippen LogP contribution in [0.4, 0.5) is 4.79 Å². The van der Waals surface area contributed by atoms with Gasteiger partial charge in [-0.2, -0.15) is 0 Å². The van der Waals surface area contributed by atoms with Crippen molar-refractivity contribution in [2.75, 3.05) is 13.2 Å². The van der Waals surface area contributed by atoms with Gasteiger partial charge in [-0.3, -0.25) is 4.79 Å². The summed E-state index contributed by atoms with van der Waals surface area (Å²) in [5, 5.41) is 14.9. The van der Waals surface area contributed by atoms with E-state index in [9.17, 15) is 24.3 Å². The molecule has 2 aromatic rings. The van der Waals surface area contributed by atoms with Crippen LogP contribution in [-0.2, 0) is 22.4 Å². The number of hydrogen-bond acceptors (Lipinski definition) is 6. The Labute approximate surface area is 177 Å². The summed E-state index contributed by atoms with van der Waals surface area (Å²) in [4.78, 5) is 46.4. The summed E-state index contributed by atoms with van der Waals surface area (Å²) in [7, 11) is 0. The Morgan fingerprint density at radius 3 is 2.71 bits per heavy atom. The Balaban J connectivity index is 1.63. The molecule has 5 N–H and O–H groups in total. The van der Waals surface area contributed by atoms with Crippen molar-refractivity contribution < 1.29 is 28.6 Å². The smallest absolute Gasteiger partial charge is 0.339 e. The first kappa shape index (κ1) is 22.1. The summed E-state index contributed by atoms with van der Waals surface area (Å²) in [6.45, 7) is 1.55. The van der Waals surface area contributed by atoms with E-state index in [1.54, 1.807) is 13.0 Å².